The Labute approximate surface area is 168 Å². The molecule has 2 aliphatic heterocycles. The number of carbonyl (C=O) groups is 3. The molecule has 2 saturated heterocycles. The van der Waals surface area contributed by atoms with Crippen LogP contribution in [0.5, 0.6) is 0 Å². The number of carboxylic acid groups (broad SMARTS) is 1. The lowest BCUT2D eigenvalue weighted by Crippen LogP contribution is -2.62. The summed E-state index contributed by atoms with van der Waals surface area (Å²) in [5, 5.41) is 12.3. The molecule has 7 nitrogen and oxygen atoms in total. The van der Waals surface area contributed by atoms with Crippen LogP contribution in [0.15, 0.2) is 0 Å². The molecule has 0 radical (unpaired) electrons. The largest absolute Gasteiger partial charge is 0.481 e. The van der Waals surface area contributed by atoms with Crippen molar-refractivity contribution in [3.05, 3.63) is 0 Å². The number of piperazine rings is 1. The molecule has 2 fully saturated rings. The summed E-state index contributed by atoms with van der Waals surface area (Å²) >= 11 is 0. The third-order valence-electron chi connectivity index (χ3n) is 5.78. The van der Waals surface area contributed by atoms with E-state index in [0.29, 0.717) is 44.4 Å². The number of hydrogen-bond acceptors (Lipinski definition) is 4. The molecule has 0 saturated carbocycles. The van der Waals surface area contributed by atoms with Crippen LogP contribution in [0, 0.1) is 17.8 Å². The lowest BCUT2D eigenvalue weighted by atomic mass is 9.92. The summed E-state index contributed by atoms with van der Waals surface area (Å²) in [6.07, 6.45) is 3.05. The van der Waals surface area contributed by atoms with Crippen molar-refractivity contribution in [2.45, 2.75) is 71.9 Å². The van der Waals surface area contributed by atoms with Crippen LogP contribution in [0.2, 0.25) is 0 Å². The summed E-state index contributed by atoms with van der Waals surface area (Å²) in [7, 11) is 0. The normalized spacial score (nSPS) is 22.8. The number of amides is 2. The third kappa shape index (κ3) is 6.19. The van der Waals surface area contributed by atoms with E-state index in [0.717, 1.165) is 19.3 Å². The van der Waals surface area contributed by atoms with Gasteiger partial charge in [0.05, 0.1) is 6.04 Å². The number of likely N-dealkylation sites (tertiary alicyclic amines) is 1. The minimum Gasteiger partial charge on any atom is -0.481 e. The van der Waals surface area contributed by atoms with E-state index in [9.17, 15) is 14.4 Å². The van der Waals surface area contributed by atoms with Crippen molar-refractivity contribution in [3.8, 4) is 0 Å². The van der Waals surface area contributed by atoms with Gasteiger partial charge in [0, 0.05) is 32.6 Å². The lowest BCUT2D eigenvalue weighted by molar-refractivity contribution is -0.150. The average molecular weight is 396 g/mol. The lowest BCUT2D eigenvalue weighted by Gasteiger charge is -2.42. The van der Waals surface area contributed by atoms with Crippen molar-refractivity contribution >= 4 is 17.8 Å². The highest BCUT2D eigenvalue weighted by atomic mass is 16.4. The van der Waals surface area contributed by atoms with Crippen LogP contribution >= 0.6 is 0 Å². The topological polar surface area (TPSA) is 89.9 Å². The van der Waals surface area contributed by atoms with E-state index in [1.165, 1.54) is 0 Å². The first-order chi connectivity index (χ1) is 13.2. The fourth-order valence-corrected chi connectivity index (χ4v) is 4.34. The first kappa shape index (κ1) is 22.7. The molecule has 0 spiro atoms. The molecule has 0 aromatic rings. The zero-order chi connectivity index (χ0) is 20.8. The van der Waals surface area contributed by atoms with Crippen molar-refractivity contribution in [3.63, 3.8) is 0 Å². The van der Waals surface area contributed by atoms with Gasteiger partial charge in [-0.1, -0.05) is 27.7 Å². The molecule has 1 unspecified atom stereocenters. The summed E-state index contributed by atoms with van der Waals surface area (Å²) in [5.41, 5.74) is 0. The molecule has 2 N–H and O–H groups in total. The second-order valence-corrected chi connectivity index (χ2v) is 9.18. The fourth-order valence-electron chi connectivity index (χ4n) is 4.34. The van der Waals surface area contributed by atoms with Gasteiger partial charge < -0.3 is 20.2 Å². The van der Waals surface area contributed by atoms with Crippen molar-refractivity contribution < 1.29 is 19.5 Å². The Morgan fingerprint density at radius 1 is 1.11 bits per heavy atom. The molecular formula is C21H37N3O4. The molecule has 0 aromatic heterocycles. The van der Waals surface area contributed by atoms with Gasteiger partial charge in [0.15, 0.2) is 0 Å². The number of nitrogens with one attached hydrogen (secondary N) is 1. The third-order valence-corrected chi connectivity index (χ3v) is 5.78. The predicted octanol–water partition coefficient (Wildman–Crippen LogP) is 1.96. The molecule has 28 heavy (non-hydrogen) atoms. The zero-order valence-corrected chi connectivity index (χ0v) is 17.8. The maximum absolute atomic E-state index is 13.3. The number of rotatable bonds is 8. The van der Waals surface area contributed by atoms with Crippen molar-refractivity contribution in [2.24, 2.45) is 17.8 Å². The van der Waals surface area contributed by atoms with Gasteiger partial charge in [0.2, 0.25) is 11.8 Å². The smallest absolute Gasteiger partial charge is 0.303 e. The Balaban J connectivity index is 2.07. The highest BCUT2D eigenvalue weighted by molar-refractivity contribution is 5.90. The predicted molar refractivity (Wildman–Crippen MR) is 108 cm³/mol. The van der Waals surface area contributed by atoms with Crippen LogP contribution in [0.3, 0.4) is 0 Å². The monoisotopic (exact) mass is 395 g/mol. The molecule has 0 bridgehead atoms. The second kappa shape index (κ2) is 10.2. The maximum Gasteiger partial charge on any atom is 0.303 e. The SMILES string of the molecule is CC(C)CC(C(=O)N1CCC(CC(=O)O)CC1)N1CCN[C@@H](CC(C)C)C1=O. The van der Waals surface area contributed by atoms with Crippen molar-refractivity contribution in [1.29, 1.82) is 0 Å². The van der Waals surface area contributed by atoms with Crippen molar-refractivity contribution in [1.82, 2.24) is 15.1 Å². The second-order valence-electron chi connectivity index (χ2n) is 9.18. The summed E-state index contributed by atoms with van der Waals surface area (Å²) in [4.78, 5) is 41.0. The summed E-state index contributed by atoms with van der Waals surface area (Å²) in [5.74, 6) is 0.158. The molecule has 0 aliphatic carbocycles. The van der Waals surface area contributed by atoms with E-state index in [1.807, 2.05) is 4.90 Å². The minimum atomic E-state index is -0.773. The summed E-state index contributed by atoms with van der Waals surface area (Å²) in [6.45, 7) is 10.8. The number of carbonyl (C=O) groups excluding carboxylic acids is 2. The number of hydrogen-bond donors (Lipinski definition) is 2. The Kier molecular flexibility index (Phi) is 8.28. The number of nitrogens with zero attached hydrogens (tertiary/aromatic N) is 2. The molecule has 2 heterocycles. The van der Waals surface area contributed by atoms with Gasteiger partial charge in [0.25, 0.3) is 0 Å². The Bertz CT molecular complexity index is 556. The number of piperidine rings is 1. The summed E-state index contributed by atoms with van der Waals surface area (Å²) < 4.78 is 0. The molecule has 2 rings (SSSR count). The summed E-state index contributed by atoms with van der Waals surface area (Å²) in [6, 6.07) is -0.627. The van der Waals surface area contributed by atoms with Crippen molar-refractivity contribution in [2.75, 3.05) is 26.2 Å². The molecule has 2 amide bonds. The average Bonchev–Trinajstić information content (AvgIpc) is 2.61. The Hall–Kier alpha value is -1.63. The fraction of sp³-hybridized carbons (Fsp3) is 0.857. The van der Waals surface area contributed by atoms with Crippen LogP contribution < -0.4 is 5.32 Å². The quantitative estimate of drug-likeness (QED) is 0.656. The minimum absolute atomic E-state index is 0.0287. The zero-order valence-electron chi connectivity index (χ0n) is 17.8. The van der Waals surface area contributed by atoms with Crippen LogP contribution in [-0.2, 0) is 14.4 Å². The van der Waals surface area contributed by atoms with Gasteiger partial charge in [-0.2, -0.15) is 0 Å². The molecule has 2 aliphatic rings. The van der Waals surface area contributed by atoms with Gasteiger partial charge in [0.1, 0.15) is 6.04 Å². The van der Waals surface area contributed by atoms with E-state index in [-0.39, 0.29) is 30.2 Å². The number of aliphatic carboxylic acids is 1. The molecule has 7 heteroatoms. The van der Waals surface area contributed by atoms with Gasteiger partial charge in [-0.05, 0) is 43.4 Å². The van der Waals surface area contributed by atoms with E-state index in [4.69, 9.17) is 5.11 Å². The van der Waals surface area contributed by atoms with Gasteiger partial charge in [-0.25, -0.2) is 0 Å². The van der Waals surface area contributed by atoms with E-state index in [2.05, 4.69) is 33.0 Å². The van der Waals surface area contributed by atoms with Gasteiger partial charge >= 0.3 is 5.97 Å². The van der Waals surface area contributed by atoms with E-state index >= 15 is 0 Å². The molecule has 2 atom stereocenters. The van der Waals surface area contributed by atoms with Crippen LogP contribution in [0.1, 0.15) is 59.8 Å². The molecular weight excluding hydrogens is 358 g/mol. The Morgan fingerprint density at radius 3 is 2.29 bits per heavy atom. The molecule has 0 aromatic carbocycles. The number of carboxylic acids is 1. The van der Waals surface area contributed by atoms with Gasteiger partial charge in [-0.3, -0.25) is 14.4 Å². The first-order valence-electron chi connectivity index (χ1n) is 10.7. The highest BCUT2D eigenvalue weighted by Crippen LogP contribution is 2.24. The maximum atomic E-state index is 13.3. The first-order valence-corrected chi connectivity index (χ1v) is 10.7. The molecule has 160 valence electrons. The van der Waals surface area contributed by atoms with Gasteiger partial charge in [-0.15, -0.1) is 0 Å². The van der Waals surface area contributed by atoms with E-state index in [1.54, 1.807) is 4.90 Å². The standard InChI is InChI=1S/C21H37N3O4/c1-14(2)11-17-20(27)24(10-7-22-17)18(12-15(3)4)21(28)23-8-5-16(6-9-23)13-19(25)26/h14-18,22H,5-13H2,1-4H3,(H,25,26)/t17-,18?/m0/s1. The van der Waals surface area contributed by atoms with Crippen LogP contribution in [0.4, 0.5) is 0 Å². The van der Waals surface area contributed by atoms with Crippen LogP contribution in [-0.4, -0.2) is 71.0 Å². The highest BCUT2D eigenvalue weighted by Gasteiger charge is 2.39. The Morgan fingerprint density at radius 2 is 1.75 bits per heavy atom. The van der Waals surface area contributed by atoms with E-state index < -0.39 is 12.0 Å². The van der Waals surface area contributed by atoms with Crippen LogP contribution in [0.25, 0.3) is 0 Å².